The van der Waals surface area contributed by atoms with Gasteiger partial charge in [-0.1, -0.05) is 54.1 Å². The van der Waals surface area contributed by atoms with Gasteiger partial charge in [0.25, 0.3) is 5.91 Å². The number of rotatable bonds is 5. The van der Waals surface area contributed by atoms with Crippen molar-refractivity contribution in [2.75, 3.05) is 12.4 Å². The molecular formula is C26H23N3O3. The Labute approximate surface area is 186 Å². The van der Waals surface area contributed by atoms with E-state index >= 15 is 0 Å². The van der Waals surface area contributed by atoms with Crippen LogP contribution in [0.2, 0.25) is 0 Å². The fourth-order valence-electron chi connectivity index (χ4n) is 3.50. The topological polar surface area (TPSA) is 73.2 Å². The molecule has 4 aromatic rings. The highest BCUT2D eigenvalue weighted by Gasteiger charge is 2.22. The Morgan fingerprint density at radius 2 is 1.56 bits per heavy atom. The summed E-state index contributed by atoms with van der Waals surface area (Å²) in [5.41, 5.74) is 3.21. The maximum absolute atomic E-state index is 13.3. The molecule has 0 atom stereocenters. The number of carbonyl (C=O) groups is 1. The molecular weight excluding hydrogens is 402 g/mol. The second-order valence-electron chi connectivity index (χ2n) is 7.41. The van der Waals surface area contributed by atoms with Gasteiger partial charge >= 0.3 is 0 Å². The molecule has 1 heterocycles. The molecule has 1 aromatic heterocycles. The smallest absolute Gasteiger partial charge is 0.256 e. The molecule has 6 heteroatoms. The van der Waals surface area contributed by atoms with E-state index in [1.54, 1.807) is 55.1 Å². The molecule has 0 saturated carbocycles. The van der Waals surface area contributed by atoms with Crippen LogP contribution in [0.4, 0.5) is 5.82 Å². The lowest BCUT2D eigenvalue weighted by Crippen LogP contribution is -2.25. The van der Waals surface area contributed by atoms with Gasteiger partial charge in [0, 0.05) is 11.1 Å². The summed E-state index contributed by atoms with van der Waals surface area (Å²) in [7, 11) is 1.55. The number of aromatic nitrogens is 2. The van der Waals surface area contributed by atoms with E-state index in [-0.39, 0.29) is 17.2 Å². The van der Waals surface area contributed by atoms with Gasteiger partial charge in [-0.2, -0.15) is 5.10 Å². The molecule has 160 valence electrons. The van der Waals surface area contributed by atoms with Crippen LogP contribution in [0.1, 0.15) is 21.6 Å². The fraction of sp³-hybridized carbons (Fsp3) is 0.115. The van der Waals surface area contributed by atoms with Crippen LogP contribution in [-0.2, 0) is 0 Å². The first kappa shape index (κ1) is 21.1. The van der Waals surface area contributed by atoms with Crippen molar-refractivity contribution in [3.63, 3.8) is 0 Å². The summed E-state index contributed by atoms with van der Waals surface area (Å²) in [6.45, 7) is 3.65. The van der Waals surface area contributed by atoms with E-state index in [0.717, 1.165) is 11.3 Å². The number of nitrogens with zero attached hydrogens (tertiary/aromatic N) is 2. The van der Waals surface area contributed by atoms with Gasteiger partial charge in [0.05, 0.1) is 18.4 Å². The SMILES string of the molecule is COc1ccccc1-c1c(NC(=O)c2ccccc2)n(-c2ccc(C)cc2)nc(C)c1=O. The van der Waals surface area contributed by atoms with Gasteiger partial charge in [-0.25, -0.2) is 4.68 Å². The van der Waals surface area contributed by atoms with Gasteiger partial charge in [0.1, 0.15) is 17.3 Å². The van der Waals surface area contributed by atoms with Gasteiger partial charge in [-0.3, -0.25) is 9.59 Å². The molecule has 0 aliphatic heterocycles. The lowest BCUT2D eigenvalue weighted by atomic mass is 10.0. The molecule has 0 saturated heterocycles. The molecule has 0 fully saturated rings. The summed E-state index contributed by atoms with van der Waals surface area (Å²) < 4.78 is 7.12. The zero-order chi connectivity index (χ0) is 22.7. The van der Waals surface area contributed by atoms with Crippen LogP contribution >= 0.6 is 0 Å². The maximum atomic E-state index is 13.3. The van der Waals surface area contributed by atoms with E-state index in [1.807, 2.05) is 49.4 Å². The molecule has 0 unspecified atom stereocenters. The number of hydrogen-bond acceptors (Lipinski definition) is 4. The van der Waals surface area contributed by atoms with E-state index in [0.29, 0.717) is 28.1 Å². The van der Waals surface area contributed by atoms with E-state index < -0.39 is 0 Å². The van der Waals surface area contributed by atoms with Gasteiger partial charge in [-0.15, -0.1) is 0 Å². The second-order valence-corrected chi connectivity index (χ2v) is 7.41. The predicted molar refractivity (Wildman–Crippen MR) is 126 cm³/mol. The first-order valence-corrected chi connectivity index (χ1v) is 10.2. The quantitative estimate of drug-likeness (QED) is 0.500. The summed E-state index contributed by atoms with van der Waals surface area (Å²) in [5, 5.41) is 7.44. The normalized spacial score (nSPS) is 10.6. The third kappa shape index (κ3) is 4.03. The number of para-hydroxylation sites is 1. The average Bonchev–Trinajstić information content (AvgIpc) is 2.82. The molecule has 0 aliphatic carbocycles. The predicted octanol–water partition coefficient (Wildman–Crippen LogP) is 4.78. The Hall–Kier alpha value is -4.19. The monoisotopic (exact) mass is 425 g/mol. The average molecular weight is 425 g/mol. The van der Waals surface area contributed by atoms with Crippen molar-refractivity contribution in [2.24, 2.45) is 0 Å². The number of methoxy groups -OCH3 is 1. The highest BCUT2D eigenvalue weighted by molar-refractivity contribution is 6.06. The van der Waals surface area contributed by atoms with Gasteiger partial charge in [-0.05, 0) is 44.2 Å². The summed E-state index contributed by atoms with van der Waals surface area (Å²) in [6.07, 6.45) is 0. The molecule has 0 spiro atoms. The molecule has 0 bridgehead atoms. The molecule has 32 heavy (non-hydrogen) atoms. The number of aryl methyl sites for hydroxylation is 2. The minimum absolute atomic E-state index is 0.277. The van der Waals surface area contributed by atoms with E-state index in [2.05, 4.69) is 10.4 Å². The summed E-state index contributed by atoms with van der Waals surface area (Å²) >= 11 is 0. The molecule has 6 nitrogen and oxygen atoms in total. The van der Waals surface area contributed by atoms with Crippen LogP contribution in [0, 0.1) is 13.8 Å². The third-order valence-corrected chi connectivity index (χ3v) is 5.18. The van der Waals surface area contributed by atoms with Crippen molar-refractivity contribution in [3.8, 4) is 22.6 Å². The lowest BCUT2D eigenvalue weighted by Gasteiger charge is -2.19. The van der Waals surface area contributed by atoms with Crippen molar-refractivity contribution >= 4 is 11.7 Å². The largest absolute Gasteiger partial charge is 0.496 e. The Kier molecular flexibility index (Phi) is 5.85. The highest BCUT2D eigenvalue weighted by atomic mass is 16.5. The molecule has 0 aliphatic rings. The van der Waals surface area contributed by atoms with E-state index in [1.165, 1.54) is 0 Å². The summed E-state index contributed by atoms with van der Waals surface area (Å²) in [6, 6.07) is 23.8. The third-order valence-electron chi connectivity index (χ3n) is 5.18. The minimum atomic E-state index is -0.340. The van der Waals surface area contributed by atoms with Crippen molar-refractivity contribution in [3.05, 3.63) is 106 Å². The molecule has 1 amide bonds. The Bertz CT molecular complexity index is 1330. The van der Waals surface area contributed by atoms with Gasteiger partial charge in [0.15, 0.2) is 0 Å². The standard InChI is InChI=1S/C26H23N3O3/c1-17-13-15-20(16-14-17)29-25(27-26(31)19-9-5-4-6-10-19)23(24(30)18(2)28-29)21-11-7-8-12-22(21)32-3/h4-16H,1-3H3,(H,27,31). The maximum Gasteiger partial charge on any atom is 0.256 e. The highest BCUT2D eigenvalue weighted by Crippen LogP contribution is 2.33. The first-order chi connectivity index (χ1) is 15.5. The van der Waals surface area contributed by atoms with Crippen molar-refractivity contribution in [1.29, 1.82) is 0 Å². The number of nitrogens with one attached hydrogen (secondary N) is 1. The zero-order valence-electron chi connectivity index (χ0n) is 18.1. The molecule has 3 aromatic carbocycles. The van der Waals surface area contributed by atoms with Crippen LogP contribution in [-0.4, -0.2) is 22.8 Å². The second kappa shape index (κ2) is 8.89. The van der Waals surface area contributed by atoms with E-state index in [9.17, 15) is 9.59 Å². The number of hydrogen-bond donors (Lipinski definition) is 1. The molecule has 0 radical (unpaired) electrons. The fourth-order valence-corrected chi connectivity index (χ4v) is 3.50. The van der Waals surface area contributed by atoms with Gasteiger partial charge < -0.3 is 10.1 Å². The summed E-state index contributed by atoms with van der Waals surface area (Å²) in [4.78, 5) is 26.4. The van der Waals surface area contributed by atoms with Crippen LogP contribution in [0.5, 0.6) is 5.75 Å². The Morgan fingerprint density at radius 3 is 2.25 bits per heavy atom. The Balaban J connectivity index is 2.00. The Morgan fingerprint density at radius 1 is 0.906 bits per heavy atom. The van der Waals surface area contributed by atoms with Crippen LogP contribution in [0.15, 0.2) is 83.7 Å². The van der Waals surface area contributed by atoms with Gasteiger partial charge in [0.2, 0.25) is 5.43 Å². The minimum Gasteiger partial charge on any atom is -0.496 e. The van der Waals surface area contributed by atoms with E-state index in [4.69, 9.17) is 4.74 Å². The molecule has 4 rings (SSSR count). The number of benzene rings is 3. The van der Waals surface area contributed by atoms with Crippen molar-refractivity contribution in [2.45, 2.75) is 13.8 Å². The first-order valence-electron chi connectivity index (χ1n) is 10.2. The lowest BCUT2D eigenvalue weighted by molar-refractivity contribution is 0.102. The van der Waals surface area contributed by atoms with Crippen molar-refractivity contribution < 1.29 is 9.53 Å². The number of anilines is 1. The number of amides is 1. The van der Waals surface area contributed by atoms with Crippen LogP contribution in [0.25, 0.3) is 16.8 Å². The van der Waals surface area contributed by atoms with Crippen LogP contribution < -0.4 is 15.5 Å². The van der Waals surface area contributed by atoms with Crippen molar-refractivity contribution in [1.82, 2.24) is 9.78 Å². The molecule has 1 N–H and O–H groups in total. The summed E-state index contributed by atoms with van der Waals surface area (Å²) in [5.74, 6) is 0.469. The number of carbonyl (C=O) groups excluding carboxylic acids is 1. The van der Waals surface area contributed by atoms with Crippen LogP contribution in [0.3, 0.4) is 0 Å². The number of ether oxygens (including phenoxy) is 1. The zero-order valence-corrected chi connectivity index (χ0v) is 18.1.